The number of nitrogens with zero attached hydrogens (tertiary/aromatic N) is 1. The monoisotopic (exact) mass is 542 g/mol. The highest BCUT2D eigenvalue weighted by atomic mass is 35.5. The number of rotatable bonds is 6. The third-order valence-electron chi connectivity index (χ3n) is 5.67. The predicted molar refractivity (Wildman–Crippen MR) is 144 cm³/mol. The Morgan fingerprint density at radius 1 is 0.917 bits per heavy atom. The summed E-state index contributed by atoms with van der Waals surface area (Å²) in [5.41, 5.74) is 1.21. The molecule has 0 saturated carbocycles. The fraction of sp³-hybridized carbons (Fsp3) is 0.148. The molecule has 1 heterocycles. The lowest BCUT2D eigenvalue weighted by molar-refractivity contribution is -0.124. The predicted octanol–water partition coefficient (Wildman–Crippen LogP) is 6.74. The van der Waals surface area contributed by atoms with Crippen molar-refractivity contribution in [3.63, 3.8) is 0 Å². The van der Waals surface area contributed by atoms with Gasteiger partial charge in [-0.2, -0.15) is 0 Å². The zero-order valence-corrected chi connectivity index (χ0v) is 21.6. The van der Waals surface area contributed by atoms with E-state index in [1.165, 1.54) is 29.8 Å². The van der Waals surface area contributed by atoms with Crippen LogP contribution >= 0.6 is 34.8 Å². The average molecular weight is 544 g/mol. The minimum absolute atomic E-state index is 0.0260. The normalized spacial score (nSPS) is 11.8. The molecule has 184 valence electrons. The van der Waals surface area contributed by atoms with Crippen LogP contribution in [0.5, 0.6) is 0 Å². The summed E-state index contributed by atoms with van der Waals surface area (Å²) in [7, 11) is 1.50. The van der Waals surface area contributed by atoms with Crippen molar-refractivity contribution < 1.29 is 14.3 Å². The quantitative estimate of drug-likeness (QED) is 0.273. The lowest BCUT2D eigenvalue weighted by Gasteiger charge is -2.20. The van der Waals surface area contributed by atoms with Crippen LogP contribution in [0.3, 0.4) is 0 Å². The van der Waals surface area contributed by atoms with Crippen molar-refractivity contribution >= 4 is 63.1 Å². The van der Waals surface area contributed by atoms with Gasteiger partial charge in [-0.05, 0) is 53.8 Å². The van der Waals surface area contributed by atoms with Gasteiger partial charge in [0.15, 0.2) is 6.10 Å². The van der Waals surface area contributed by atoms with Crippen molar-refractivity contribution in [2.75, 3.05) is 5.32 Å². The lowest BCUT2D eigenvalue weighted by Crippen LogP contribution is -2.34. The van der Waals surface area contributed by atoms with Crippen LogP contribution in [0.15, 0.2) is 71.5 Å². The summed E-state index contributed by atoms with van der Waals surface area (Å²) in [6, 6.07) is 18.5. The summed E-state index contributed by atoms with van der Waals surface area (Å²) >= 11 is 18.1. The van der Waals surface area contributed by atoms with Gasteiger partial charge in [0.2, 0.25) is 0 Å². The maximum atomic E-state index is 13.5. The van der Waals surface area contributed by atoms with Gasteiger partial charge >= 0.3 is 5.97 Å². The minimum Gasteiger partial charge on any atom is -0.448 e. The average Bonchev–Trinajstić information content (AvgIpc) is 2.84. The number of carbonyl (C=O) groups excluding carboxylic acids is 2. The standard InChI is InChI=1S/C27H21Cl3N2O4/c1-3-22(25(33)31-19-13-17(29)12-18(30)14-19)36-27(35)24-23(15-8-10-16(28)11-9-15)20-6-4-5-7-21(20)26(34)32(24)2/h4-14,22H,3H2,1-2H3,(H,31,33). The number of aromatic nitrogens is 1. The molecule has 0 bridgehead atoms. The number of fused-ring (bicyclic) bond motifs is 1. The molecule has 0 aliphatic carbocycles. The van der Waals surface area contributed by atoms with E-state index in [2.05, 4.69) is 5.32 Å². The number of ether oxygens (including phenoxy) is 1. The highest BCUT2D eigenvalue weighted by Crippen LogP contribution is 2.32. The van der Waals surface area contributed by atoms with Crippen LogP contribution in [0, 0.1) is 0 Å². The third kappa shape index (κ3) is 5.26. The Balaban J connectivity index is 1.75. The lowest BCUT2D eigenvalue weighted by atomic mass is 9.96. The number of benzene rings is 3. The maximum absolute atomic E-state index is 13.5. The fourth-order valence-corrected chi connectivity index (χ4v) is 4.62. The second kappa shape index (κ2) is 10.7. The van der Waals surface area contributed by atoms with Crippen molar-refractivity contribution in [2.45, 2.75) is 19.4 Å². The fourth-order valence-electron chi connectivity index (χ4n) is 3.97. The summed E-state index contributed by atoms with van der Waals surface area (Å²) < 4.78 is 6.89. The molecule has 0 fully saturated rings. The Hall–Kier alpha value is -3.32. The molecule has 1 aromatic heterocycles. The van der Waals surface area contributed by atoms with Gasteiger partial charge < -0.3 is 14.6 Å². The van der Waals surface area contributed by atoms with Gasteiger partial charge in [0.1, 0.15) is 5.69 Å². The van der Waals surface area contributed by atoms with Crippen molar-refractivity contribution in [1.29, 1.82) is 0 Å². The number of amides is 1. The number of hydrogen-bond acceptors (Lipinski definition) is 4. The highest BCUT2D eigenvalue weighted by Gasteiger charge is 2.28. The van der Waals surface area contributed by atoms with Crippen LogP contribution in [0.25, 0.3) is 21.9 Å². The highest BCUT2D eigenvalue weighted by molar-refractivity contribution is 6.35. The van der Waals surface area contributed by atoms with Crippen molar-refractivity contribution in [3.05, 3.63) is 97.8 Å². The topological polar surface area (TPSA) is 77.4 Å². The summed E-state index contributed by atoms with van der Waals surface area (Å²) in [4.78, 5) is 39.6. The Bertz CT molecular complexity index is 1510. The zero-order chi connectivity index (χ0) is 26.0. The van der Waals surface area contributed by atoms with E-state index >= 15 is 0 Å². The van der Waals surface area contributed by atoms with Gasteiger partial charge in [0.05, 0.1) is 0 Å². The maximum Gasteiger partial charge on any atom is 0.356 e. The van der Waals surface area contributed by atoms with Gasteiger partial charge in [-0.25, -0.2) is 4.79 Å². The summed E-state index contributed by atoms with van der Waals surface area (Å²) in [6.45, 7) is 1.71. The molecule has 36 heavy (non-hydrogen) atoms. The number of nitrogens with one attached hydrogen (secondary N) is 1. The molecule has 0 radical (unpaired) electrons. The second-order valence-corrected chi connectivity index (χ2v) is 9.40. The first-order valence-electron chi connectivity index (χ1n) is 11.0. The van der Waals surface area contributed by atoms with Crippen molar-refractivity contribution in [2.24, 2.45) is 7.05 Å². The molecule has 0 aliphatic heterocycles. The van der Waals surface area contributed by atoms with E-state index < -0.39 is 18.0 Å². The summed E-state index contributed by atoms with van der Waals surface area (Å²) in [5.74, 6) is -1.36. The largest absolute Gasteiger partial charge is 0.448 e. The van der Waals surface area contributed by atoms with Crippen LogP contribution in [0.4, 0.5) is 5.69 Å². The van der Waals surface area contributed by atoms with Gasteiger partial charge in [0.25, 0.3) is 11.5 Å². The molecular formula is C27H21Cl3N2O4. The molecule has 1 N–H and O–H groups in total. The molecule has 1 unspecified atom stereocenters. The molecule has 1 atom stereocenters. The number of hydrogen-bond donors (Lipinski definition) is 1. The Kier molecular flexibility index (Phi) is 7.69. The van der Waals surface area contributed by atoms with Gasteiger partial charge in [-0.15, -0.1) is 0 Å². The molecule has 3 aromatic carbocycles. The first-order valence-corrected chi connectivity index (χ1v) is 12.2. The van der Waals surface area contributed by atoms with E-state index in [1.54, 1.807) is 55.5 Å². The SMILES string of the molecule is CCC(OC(=O)c1c(-c2ccc(Cl)cc2)c2ccccc2c(=O)n1C)C(=O)Nc1cc(Cl)cc(Cl)c1. The number of anilines is 1. The summed E-state index contributed by atoms with van der Waals surface area (Å²) in [5, 5.41) is 4.93. The Morgan fingerprint density at radius 3 is 2.14 bits per heavy atom. The van der Waals surface area contributed by atoms with Crippen LogP contribution in [0.1, 0.15) is 23.8 Å². The molecule has 9 heteroatoms. The number of carbonyl (C=O) groups is 2. The van der Waals surface area contributed by atoms with E-state index in [0.717, 1.165) is 0 Å². The molecule has 4 rings (SSSR count). The van der Waals surface area contributed by atoms with E-state index in [4.69, 9.17) is 39.5 Å². The van der Waals surface area contributed by atoms with Gasteiger partial charge in [-0.3, -0.25) is 9.59 Å². The van der Waals surface area contributed by atoms with Crippen LogP contribution in [0.2, 0.25) is 15.1 Å². The second-order valence-electron chi connectivity index (χ2n) is 8.09. The molecule has 1 amide bonds. The van der Waals surface area contributed by atoms with Crippen LogP contribution < -0.4 is 10.9 Å². The van der Waals surface area contributed by atoms with Crippen molar-refractivity contribution in [1.82, 2.24) is 4.57 Å². The zero-order valence-electron chi connectivity index (χ0n) is 19.3. The first-order chi connectivity index (χ1) is 17.2. The molecule has 0 aliphatic rings. The Labute approximate surface area is 222 Å². The van der Waals surface area contributed by atoms with E-state index in [9.17, 15) is 14.4 Å². The minimum atomic E-state index is -1.13. The molecule has 0 spiro atoms. The molecule has 6 nitrogen and oxygen atoms in total. The van der Waals surface area contributed by atoms with Crippen LogP contribution in [-0.2, 0) is 16.6 Å². The van der Waals surface area contributed by atoms with E-state index in [0.29, 0.717) is 42.7 Å². The van der Waals surface area contributed by atoms with E-state index in [1.807, 2.05) is 0 Å². The van der Waals surface area contributed by atoms with Gasteiger partial charge in [0, 0.05) is 38.8 Å². The number of halogens is 3. The third-order valence-corrected chi connectivity index (χ3v) is 6.36. The van der Waals surface area contributed by atoms with Gasteiger partial charge in [-0.1, -0.05) is 72.1 Å². The smallest absolute Gasteiger partial charge is 0.356 e. The van der Waals surface area contributed by atoms with Crippen LogP contribution in [-0.4, -0.2) is 22.5 Å². The number of esters is 1. The molecular weight excluding hydrogens is 523 g/mol. The molecule has 4 aromatic rings. The van der Waals surface area contributed by atoms with E-state index in [-0.39, 0.29) is 17.7 Å². The van der Waals surface area contributed by atoms with Crippen molar-refractivity contribution in [3.8, 4) is 11.1 Å². The summed E-state index contributed by atoms with van der Waals surface area (Å²) in [6.07, 6.45) is -0.932. The number of pyridine rings is 1. The Morgan fingerprint density at radius 2 is 1.53 bits per heavy atom. The molecule has 0 saturated heterocycles. The first kappa shape index (κ1) is 25.8.